The van der Waals surface area contributed by atoms with E-state index < -0.39 is 6.23 Å². The molecule has 0 radical (unpaired) electrons. The summed E-state index contributed by atoms with van der Waals surface area (Å²) in [7, 11) is 0. The molecule has 1 aromatic rings. The summed E-state index contributed by atoms with van der Waals surface area (Å²) in [6.45, 7) is 10.4. The lowest BCUT2D eigenvalue weighted by Crippen LogP contribution is -2.32. The molecule has 174 valence electrons. The molecular formula is C23H36N2O6. The monoisotopic (exact) mass is 436 g/mol. The van der Waals surface area contributed by atoms with Crippen LogP contribution in [0.15, 0.2) is 41.6 Å². The van der Waals surface area contributed by atoms with E-state index in [-0.39, 0.29) is 23.8 Å². The van der Waals surface area contributed by atoms with Crippen molar-refractivity contribution in [3.63, 3.8) is 0 Å². The first-order chi connectivity index (χ1) is 15.0. The summed E-state index contributed by atoms with van der Waals surface area (Å²) in [5, 5.41) is 21.9. The number of nitrogens with one attached hydrogen (secondary N) is 1. The van der Waals surface area contributed by atoms with Crippen LogP contribution in [0.5, 0.6) is 5.75 Å². The van der Waals surface area contributed by atoms with E-state index in [4.69, 9.17) is 18.9 Å². The van der Waals surface area contributed by atoms with E-state index in [0.29, 0.717) is 39.6 Å². The SMILES string of the molecule is C=C(O)C(C)C(CCc1ccc(OCCNC(C)O)cc1)/N=C/OCC1COCCO1. The Labute approximate surface area is 184 Å². The second kappa shape index (κ2) is 14.0. The molecule has 1 fully saturated rings. The van der Waals surface area contributed by atoms with Gasteiger partial charge in [-0.3, -0.25) is 10.3 Å². The molecule has 1 saturated heterocycles. The number of aliphatic hydroxyl groups excluding tert-OH is 2. The van der Waals surface area contributed by atoms with Gasteiger partial charge in [-0.25, -0.2) is 0 Å². The van der Waals surface area contributed by atoms with Gasteiger partial charge in [0, 0.05) is 12.5 Å². The van der Waals surface area contributed by atoms with Gasteiger partial charge in [0.15, 0.2) is 6.40 Å². The number of hydrogen-bond donors (Lipinski definition) is 3. The molecule has 3 N–H and O–H groups in total. The van der Waals surface area contributed by atoms with Crippen molar-refractivity contribution < 1.29 is 29.2 Å². The summed E-state index contributed by atoms with van der Waals surface area (Å²) in [6, 6.07) is 7.75. The lowest BCUT2D eigenvalue weighted by Gasteiger charge is -2.22. The highest BCUT2D eigenvalue weighted by atomic mass is 16.6. The first-order valence-electron chi connectivity index (χ1n) is 10.8. The fourth-order valence-corrected chi connectivity index (χ4v) is 3.08. The zero-order valence-electron chi connectivity index (χ0n) is 18.5. The number of aryl methyl sites for hydroxylation is 1. The van der Waals surface area contributed by atoms with Crippen LogP contribution in [0.25, 0.3) is 0 Å². The lowest BCUT2D eigenvalue weighted by molar-refractivity contribution is -0.102. The number of aliphatic imine (C=N–C) groups is 1. The number of ether oxygens (including phenoxy) is 4. The molecule has 1 aliphatic heterocycles. The quantitative estimate of drug-likeness (QED) is 0.135. The molecule has 31 heavy (non-hydrogen) atoms. The maximum Gasteiger partial charge on any atom is 0.169 e. The van der Waals surface area contributed by atoms with Gasteiger partial charge in [0.1, 0.15) is 31.3 Å². The summed E-state index contributed by atoms with van der Waals surface area (Å²) in [5.74, 6) is 0.712. The molecule has 8 heteroatoms. The summed E-state index contributed by atoms with van der Waals surface area (Å²) in [6.07, 6.45) is 2.36. The van der Waals surface area contributed by atoms with E-state index in [9.17, 15) is 10.2 Å². The predicted molar refractivity (Wildman–Crippen MR) is 120 cm³/mol. The van der Waals surface area contributed by atoms with Gasteiger partial charge in [0.2, 0.25) is 0 Å². The van der Waals surface area contributed by atoms with Crippen LogP contribution < -0.4 is 10.1 Å². The van der Waals surface area contributed by atoms with Gasteiger partial charge in [0.05, 0.1) is 31.6 Å². The van der Waals surface area contributed by atoms with Gasteiger partial charge >= 0.3 is 0 Å². The van der Waals surface area contributed by atoms with Gasteiger partial charge in [-0.15, -0.1) is 0 Å². The number of aliphatic hydroxyl groups is 2. The Morgan fingerprint density at radius 3 is 2.74 bits per heavy atom. The number of rotatable bonds is 14. The highest BCUT2D eigenvalue weighted by molar-refractivity contribution is 5.47. The lowest BCUT2D eigenvalue weighted by atomic mass is 9.94. The zero-order chi connectivity index (χ0) is 22.5. The van der Waals surface area contributed by atoms with E-state index in [2.05, 4.69) is 16.9 Å². The van der Waals surface area contributed by atoms with Crippen molar-refractivity contribution in [2.24, 2.45) is 10.9 Å². The van der Waals surface area contributed by atoms with Crippen molar-refractivity contribution in [1.82, 2.24) is 5.32 Å². The maximum atomic E-state index is 9.84. The van der Waals surface area contributed by atoms with E-state index >= 15 is 0 Å². The molecule has 4 atom stereocenters. The zero-order valence-corrected chi connectivity index (χ0v) is 18.5. The van der Waals surface area contributed by atoms with Crippen LogP contribution in [0.3, 0.4) is 0 Å². The number of benzene rings is 1. The van der Waals surface area contributed by atoms with E-state index in [1.807, 2.05) is 31.2 Å². The topological polar surface area (TPSA) is 102 Å². The van der Waals surface area contributed by atoms with E-state index in [1.165, 1.54) is 6.40 Å². The van der Waals surface area contributed by atoms with Crippen molar-refractivity contribution in [2.45, 2.75) is 45.1 Å². The van der Waals surface area contributed by atoms with Crippen LogP contribution in [-0.2, 0) is 20.6 Å². The molecule has 0 aromatic heterocycles. The minimum absolute atomic E-state index is 0.0764. The van der Waals surface area contributed by atoms with Crippen molar-refractivity contribution >= 4 is 6.40 Å². The molecule has 8 nitrogen and oxygen atoms in total. The van der Waals surface area contributed by atoms with Crippen molar-refractivity contribution in [3.8, 4) is 5.75 Å². The fourth-order valence-electron chi connectivity index (χ4n) is 3.08. The third-order valence-corrected chi connectivity index (χ3v) is 5.06. The van der Waals surface area contributed by atoms with Crippen LogP contribution in [-0.4, -0.2) is 74.6 Å². The van der Waals surface area contributed by atoms with Gasteiger partial charge < -0.3 is 29.2 Å². The van der Waals surface area contributed by atoms with E-state index in [0.717, 1.165) is 24.2 Å². The molecule has 1 heterocycles. The Balaban J connectivity index is 1.79. The van der Waals surface area contributed by atoms with Crippen LogP contribution in [0.1, 0.15) is 25.8 Å². The van der Waals surface area contributed by atoms with Gasteiger partial charge in [-0.2, -0.15) is 0 Å². The molecule has 2 rings (SSSR count). The smallest absolute Gasteiger partial charge is 0.169 e. The largest absolute Gasteiger partial charge is 0.513 e. The van der Waals surface area contributed by atoms with Gasteiger partial charge in [-0.1, -0.05) is 25.6 Å². The highest BCUT2D eigenvalue weighted by Gasteiger charge is 2.19. The predicted octanol–water partition coefficient (Wildman–Crippen LogP) is 2.46. The Bertz CT molecular complexity index is 659. The fraction of sp³-hybridized carbons (Fsp3) is 0.609. The van der Waals surface area contributed by atoms with Crippen molar-refractivity contribution in [3.05, 3.63) is 42.2 Å². The summed E-state index contributed by atoms with van der Waals surface area (Å²) in [5.41, 5.74) is 1.15. The Hall–Kier alpha value is -2.13. The van der Waals surface area contributed by atoms with E-state index in [1.54, 1.807) is 6.92 Å². The third kappa shape index (κ3) is 10.1. The van der Waals surface area contributed by atoms with Gasteiger partial charge in [-0.05, 0) is 37.5 Å². The Morgan fingerprint density at radius 1 is 1.32 bits per heavy atom. The Morgan fingerprint density at radius 2 is 2.10 bits per heavy atom. The van der Waals surface area contributed by atoms with Crippen LogP contribution >= 0.6 is 0 Å². The van der Waals surface area contributed by atoms with Crippen LogP contribution in [0.4, 0.5) is 0 Å². The molecule has 0 aliphatic carbocycles. The Kier molecular flexibility index (Phi) is 11.4. The van der Waals surface area contributed by atoms with Crippen LogP contribution in [0, 0.1) is 5.92 Å². The van der Waals surface area contributed by atoms with Crippen molar-refractivity contribution in [2.75, 3.05) is 39.6 Å². The molecule has 0 spiro atoms. The highest BCUT2D eigenvalue weighted by Crippen LogP contribution is 2.20. The molecule has 1 aromatic carbocycles. The molecule has 0 bridgehead atoms. The minimum Gasteiger partial charge on any atom is -0.513 e. The minimum atomic E-state index is -0.543. The number of hydrogen-bond acceptors (Lipinski definition) is 8. The molecule has 4 unspecified atom stereocenters. The summed E-state index contributed by atoms with van der Waals surface area (Å²) >= 11 is 0. The normalized spacial score (nSPS) is 19.6. The average molecular weight is 437 g/mol. The summed E-state index contributed by atoms with van der Waals surface area (Å²) < 4.78 is 22.0. The second-order valence-corrected chi connectivity index (χ2v) is 7.66. The summed E-state index contributed by atoms with van der Waals surface area (Å²) in [4.78, 5) is 4.51. The molecule has 0 amide bonds. The second-order valence-electron chi connectivity index (χ2n) is 7.66. The standard InChI is InChI=1S/C23H36N2O6/c1-17(18(2)26)23(25-16-29-15-22-14-28-12-13-31-22)9-6-20-4-7-21(8-5-20)30-11-10-24-19(3)27/h4-5,7-8,16-17,19,22-24,26-27H,2,6,9-15H2,1,3H3/b25-16+. The van der Waals surface area contributed by atoms with Crippen molar-refractivity contribution in [1.29, 1.82) is 0 Å². The van der Waals surface area contributed by atoms with Crippen LogP contribution in [0.2, 0.25) is 0 Å². The number of nitrogens with zero attached hydrogens (tertiary/aromatic N) is 1. The maximum absolute atomic E-state index is 9.84. The molecular weight excluding hydrogens is 400 g/mol. The first-order valence-corrected chi connectivity index (χ1v) is 10.8. The average Bonchev–Trinajstić information content (AvgIpc) is 2.77. The molecule has 0 saturated carbocycles. The third-order valence-electron chi connectivity index (χ3n) is 5.06. The molecule has 1 aliphatic rings. The first kappa shape index (κ1) is 25.1. The van der Waals surface area contributed by atoms with Gasteiger partial charge in [0.25, 0.3) is 0 Å².